The van der Waals surface area contributed by atoms with E-state index in [4.69, 9.17) is 9.47 Å². The first-order valence-electron chi connectivity index (χ1n) is 6.13. The van der Waals surface area contributed by atoms with Gasteiger partial charge in [0.25, 0.3) is 0 Å². The molecule has 0 radical (unpaired) electrons. The smallest absolute Gasteiger partial charge is 0.231 e. The highest BCUT2D eigenvalue weighted by atomic mass is 16.7. The Morgan fingerprint density at radius 3 is 3.05 bits per heavy atom. The van der Waals surface area contributed by atoms with E-state index in [1.165, 1.54) is 6.33 Å². The van der Waals surface area contributed by atoms with Gasteiger partial charge in [0.15, 0.2) is 23.0 Å². The van der Waals surface area contributed by atoms with Crippen molar-refractivity contribution in [1.29, 1.82) is 0 Å². The molecule has 4 rings (SSSR count). The Hall–Kier alpha value is -2.83. The maximum Gasteiger partial charge on any atom is 0.231 e. The van der Waals surface area contributed by atoms with Gasteiger partial charge in [-0.25, -0.2) is 15.0 Å². The van der Waals surface area contributed by atoms with E-state index >= 15 is 0 Å². The number of aryl methyl sites for hydroxylation is 1. The quantitative estimate of drug-likeness (QED) is 0.741. The van der Waals surface area contributed by atoms with E-state index in [1.54, 1.807) is 0 Å². The van der Waals surface area contributed by atoms with E-state index in [0.717, 1.165) is 28.5 Å². The SMILES string of the molecule is Cc1nc2ncnc(Nc3ccc4c(c3)OCO4)c2[nH]1. The minimum atomic E-state index is 0.260. The van der Waals surface area contributed by atoms with Crippen molar-refractivity contribution in [2.75, 3.05) is 12.1 Å². The summed E-state index contributed by atoms with van der Waals surface area (Å²) in [6, 6.07) is 5.64. The standard InChI is InChI=1S/C13H11N5O2/c1-7-16-11-12(17-7)14-5-15-13(11)18-8-2-3-9-10(4-8)20-6-19-9/h2-5H,6H2,1H3,(H2,14,15,16,17,18). The van der Waals surface area contributed by atoms with Gasteiger partial charge in [0.2, 0.25) is 6.79 Å². The maximum atomic E-state index is 5.35. The fraction of sp³-hybridized carbons (Fsp3) is 0.154. The lowest BCUT2D eigenvalue weighted by Crippen LogP contribution is -1.96. The number of rotatable bonds is 2. The van der Waals surface area contributed by atoms with Crippen molar-refractivity contribution in [2.45, 2.75) is 6.92 Å². The zero-order valence-corrected chi connectivity index (χ0v) is 10.7. The normalized spacial score (nSPS) is 12.8. The number of aromatic amines is 1. The van der Waals surface area contributed by atoms with Crippen LogP contribution in [0.15, 0.2) is 24.5 Å². The second-order valence-corrected chi connectivity index (χ2v) is 4.44. The molecule has 3 heterocycles. The lowest BCUT2D eigenvalue weighted by atomic mass is 10.2. The Labute approximate surface area is 114 Å². The Morgan fingerprint density at radius 2 is 2.10 bits per heavy atom. The van der Waals surface area contributed by atoms with Gasteiger partial charge in [-0.2, -0.15) is 0 Å². The molecule has 7 nitrogen and oxygen atoms in total. The van der Waals surface area contributed by atoms with E-state index in [0.29, 0.717) is 11.5 Å². The van der Waals surface area contributed by atoms with E-state index in [1.807, 2.05) is 25.1 Å². The van der Waals surface area contributed by atoms with E-state index in [-0.39, 0.29) is 6.79 Å². The molecule has 0 amide bonds. The first-order chi connectivity index (χ1) is 9.79. The van der Waals surface area contributed by atoms with Crippen LogP contribution in [0.1, 0.15) is 5.82 Å². The second-order valence-electron chi connectivity index (χ2n) is 4.44. The highest BCUT2D eigenvalue weighted by Crippen LogP contribution is 2.35. The lowest BCUT2D eigenvalue weighted by Gasteiger charge is -2.06. The molecular weight excluding hydrogens is 258 g/mol. The molecule has 0 fully saturated rings. The molecule has 20 heavy (non-hydrogen) atoms. The molecule has 1 aromatic carbocycles. The third-order valence-electron chi connectivity index (χ3n) is 3.04. The first-order valence-corrected chi connectivity index (χ1v) is 6.13. The van der Waals surface area contributed by atoms with Gasteiger partial charge in [-0.15, -0.1) is 0 Å². The molecule has 0 aliphatic carbocycles. The number of imidazole rings is 1. The van der Waals surface area contributed by atoms with Crippen molar-refractivity contribution in [2.24, 2.45) is 0 Å². The number of nitrogens with one attached hydrogen (secondary N) is 2. The molecule has 7 heteroatoms. The molecule has 100 valence electrons. The van der Waals surface area contributed by atoms with Gasteiger partial charge in [-0.3, -0.25) is 0 Å². The minimum absolute atomic E-state index is 0.260. The Kier molecular flexibility index (Phi) is 2.26. The van der Waals surface area contributed by atoms with Gasteiger partial charge in [0, 0.05) is 11.8 Å². The van der Waals surface area contributed by atoms with Gasteiger partial charge in [0.1, 0.15) is 17.7 Å². The summed E-state index contributed by atoms with van der Waals surface area (Å²) in [5.41, 5.74) is 2.28. The Morgan fingerprint density at radius 1 is 1.20 bits per heavy atom. The number of hydrogen-bond donors (Lipinski definition) is 2. The molecule has 0 bridgehead atoms. The summed E-state index contributed by atoms with van der Waals surface area (Å²) in [5, 5.41) is 3.23. The number of nitrogens with zero attached hydrogens (tertiary/aromatic N) is 3. The van der Waals surface area contributed by atoms with Crippen molar-refractivity contribution >= 4 is 22.7 Å². The fourth-order valence-corrected chi connectivity index (χ4v) is 2.15. The first kappa shape index (κ1) is 11.0. The van der Waals surface area contributed by atoms with Crippen LogP contribution in [0.25, 0.3) is 11.2 Å². The molecule has 0 saturated carbocycles. The average Bonchev–Trinajstić information content (AvgIpc) is 3.04. The number of ether oxygens (including phenoxy) is 2. The number of aromatic nitrogens is 4. The summed E-state index contributed by atoms with van der Waals surface area (Å²) in [6.45, 7) is 2.14. The van der Waals surface area contributed by atoms with Crippen molar-refractivity contribution in [3.63, 3.8) is 0 Å². The van der Waals surface area contributed by atoms with Crippen LogP contribution in [0.5, 0.6) is 11.5 Å². The van der Waals surface area contributed by atoms with Crippen molar-refractivity contribution in [3.8, 4) is 11.5 Å². The van der Waals surface area contributed by atoms with Crippen molar-refractivity contribution < 1.29 is 9.47 Å². The lowest BCUT2D eigenvalue weighted by molar-refractivity contribution is 0.174. The highest BCUT2D eigenvalue weighted by molar-refractivity contribution is 5.85. The van der Waals surface area contributed by atoms with Crippen LogP contribution in [0.4, 0.5) is 11.5 Å². The highest BCUT2D eigenvalue weighted by Gasteiger charge is 2.14. The van der Waals surface area contributed by atoms with Gasteiger partial charge >= 0.3 is 0 Å². The largest absolute Gasteiger partial charge is 0.454 e. The number of H-pyrrole nitrogens is 1. The summed E-state index contributed by atoms with van der Waals surface area (Å²) < 4.78 is 10.6. The van der Waals surface area contributed by atoms with Gasteiger partial charge in [-0.05, 0) is 19.1 Å². The monoisotopic (exact) mass is 269 g/mol. The zero-order valence-electron chi connectivity index (χ0n) is 10.7. The minimum Gasteiger partial charge on any atom is -0.454 e. The predicted octanol–water partition coefficient (Wildman–Crippen LogP) is 2.13. The van der Waals surface area contributed by atoms with Crippen molar-refractivity contribution in [1.82, 2.24) is 19.9 Å². The van der Waals surface area contributed by atoms with Crippen LogP contribution < -0.4 is 14.8 Å². The summed E-state index contributed by atoms with van der Waals surface area (Å²) in [4.78, 5) is 15.8. The summed E-state index contributed by atoms with van der Waals surface area (Å²) in [5.74, 6) is 2.95. The fourth-order valence-electron chi connectivity index (χ4n) is 2.15. The van der Waals surface area contributed by atoms with Crippen LogP contribution >= 0.6 is 0 Å². The van der Waals surface area contributed by atoms with Crippen molar-refractivity contribution in [3.05, 3.63) is 30.4 Å². The van der Waals surface area contributed by atoms with Crippen LogP contribution in [-0.2, 0) is 0 Å². The summed E-state index contributed by atoms with van der Waals surface area (Å²) in [6.07, 6.45) is 1.48. The molecule has 0 saturated heterocycles. The van der Waals surface area contributed by atoms with Crippen LogP contribution in [0.2, 0.25) is 0 Å². The maximum absolute atomic E-state index is 5.35. The molecule has 3 aromatic rings. The van der Waals surface area contributed by atoms with Crippen LogP contribution in [0, 0.1) is 6.92 Å². The van der Waals surface area contributed by atoms with E-state index < -0.39 is 0 Å². The number of hydrogen-bond acceptors (Lipinski definition) is 6. The summed E-state index contributed by atoms with van der Waals surface area (Å²) in [7, 11) is 0. The van der Waals surface area contributed by atoms with E-state index in [2.05, 4.69) is 25.3 Å². The molecule has 1 aliphatic rings. The van der Waals surface area contributed by atoms with Crippen LogP contribution in [-0.4, -0.2) is 26.7 Å². The molecule has 2 N–H and O–H groups in total. The average molecular weight is 269 g/mol. The Bertz CT molecular complexity index is 799. The number of benzene rings is 1. The molecule has 0 atom stereocenters. The molecule has 1 aliphatic heterocycles. The van der Waals surface area contributed by atoms with Gasteiger partial charge < -0.3 is 19.8 Å². The molecule has 0 spiro atoms. The zero-order chi connectivity index (χ0) is 13.5. The van der Waals surface area contributed by atoms with Crippen LogP contribution in [0.3, 0.4) is 0 Å². The topological polar surface area (TPSA) is 85.0 Å². The summed E-state index contributed by atoms with van der Waals surface area (Å²) >= 11 is 0. The number of fused-ring (bicyclic) bond motifs is 2. The van der Waals surface area contributed by atoms with Gasteiger partial charge in [0.05, 0.1) is 0 Å². The second kappa shape index (κ2) is 4.09. The van der Waals surface area contributed by atoms with Gasteiger partial charge in [-0.1, -0.05) is 0 Å². The predicted molar refractivity (Wildman–Crippen MR) is 72.3 cm³/mol. The van der Waals surface area contributed by atoms with E-state index in [9.17, 15) is 0 Å². The number of anilines is 2. The molecule has 2 aromatic heterocycles. The molecular formula is C13H11N5O2. The third kappa shape index (κ3) is 1.71. The molecule has 0 unspecified atom stereocenters. The third-order valence-corrected chi connectivity index (χ3v) is 3.04. The Balaban J connectivity index is 1.74.